The van der Waals surface area contributed by atoms with Gasteiger partial charge in [-0.25, -0.2) is 0 Å². The second kappa shape index (κ2) is 6.05. The van der Waals surface area contributed by atoms with E-state index in [2.05, 4.69) is 6.92 Å². The van der Waals surface area contributed by atoms with Crippen molar-refractivity contribution in [3.05, 3.63) is 0 Å². The zero-order valence-corrected chi connectivity index (χ0v) is 11.0. The van der Waals surface area contributed by atoms with Crippen LogP contribution in [0.15, 0.2) is 0 Å². The van der Waals surface area contributed by atoms with Gasteiger partial charge in [0, 0.05) is 6.04 Å². The normalized spacial score (nSPS) is 34.5. The van der Waals surface area contributed by atoms with Gasteiger partial charge in [0.25, 0.3) is 0 Å². The van der Waals surface area contributed by atoms with Crippen molar-refractivity contribution >= 4 is 0 Å². The van der Waals surface area contributed by atoms with Crippen LogP contribution in [0.4, 0.5) is 0 Å². The zero-order valence-electron chi connectivity index (χ0n) is 11.0. The zero-order chi connectivity index (χ0) is 11.4. The summed E-state index contributed by atoms with van der Waals surface area (Å²) in [6, 6.07) is 0.501. The Kier molecular flexibility index (Phi) is 4.69. The van der Waals surface area contributed by atoms with Crippen molar-refractivity contribution in [1.29, 1.82) is 0 Å². The third kappa shape index (κ3) is 3.23. The summed E-state index contributed by atoms with van der Waals surface area (Å²) < 4.78 is 0. The molecular formula is C15H29N. The molecule has 2 aliphatic rings. The van der Waals surface area contributed by atoms with Crippen molar-refractivity contribution in [3.63, 3.8) is 0 Å². The molecule has 0 aromatic carbocycles. The molecule has 0 aromatic heterocycles. The minimum Gasteiger partial charge on any atom is -0.328 e. The highest BCUT2D eigenvalue weighted by Crippen LogP contribution is 2.49. The van der Waals surface area contributed by atoms with Crippen molar-refractivity contribution < 1.29 is 0 Å². The molecule has 4 atom stereocenters. The van der Waals surface area contributed by atoms with Gasteiger partial charge in [0.2, 0.25) is 0 Å². The first kappa shape index (κ1) is 12.4. The molecule has 0 spiro atoms. The predicted octanol–water partition coefficient (Wildman–Crippen LogP) is 4.11. The molecule has 2 N–H and O–H groups in total. The second-order valence-electron chi connectivity index (χ2n) is 6.28. The first-order valence-electron chi connectivity index (χ1n) is 7.55. The minimum absolute atomic E-state index is 0.501. The number of fused-ring (bicyclic) bond motifs is 2. The monoisotopic (exact) mass is 223 g/mol. The van der Waals surface area contributed by atoms with E-state index in [4.69, 9.17) is 5.73 Å². The van der Waals surface area contributed by atoms with E-state index in [1.165, 1.54) is 64.2 Å². The van der Waals surface area contributed by atoms with E-state index in [9.17, 15) is 0 Å². The summed E-state index contributed by atoms with van der Waals surface area (Å²) in [6.45, 7) is 2.27. The molecule has 2 fully saturated rings. The Morgan fingerprint density at radius 1 is 1.12 bits per heavy atom. The summed E-state index contributed by atoms with van der Waals surface area (Å²) in [6.07, 6.45) is 14.1. The number of hydrogen-bond acceptors (Lipinski definition) is 1. The van der Waals surface area contributed by atoms with Crippen molar-refractivity contribution in [2.24, 2.45) is 23.5 Å². The Hall–Kier alpha value is -0.0400. The number of rotatable bonds is 7. The molecule has 2 aliphatic carbocycles. The van der Waals surface area contributed by atoms with Crippen LogP contribution in [0.1, 0.15) is 71.1 Å². The summed E-state index contributed by atoms with van der Waals surface area (Å²) in [5.74, 6) is 3.15. The molecule has 94 valence electrons. The largest absolute Gasteiger partial charge is 0.328 e. The highest BCUT2D eigenvalue weighted by Gasteiger charge is 2.39. The fourth-order valence-corrected chi connectivity index (χ4v) is 4.01. The second-order valence-corrected chi connectivity index (χ2v) is 6.28. The van der Waals surface area contributed by atoms with Crippen LogP contribution in [0.3, 0.4) is 0 Å². The molecule has 2 saturated carbocycles. The van der Waals surface area contributed by atoms with Gasteiger partial charge >= 0.3 is 0 Å². The van der Waals surface area contributed by atoms with Crippen LogP contribution < -0.4 is 5.73 Å². The van der Waals surface area contributed by atoms with E-state index in [0.717, 1.165) is 17.8 Å². The molecule has 16 heavy (non-hydrogen) atoms. The maximum absolute atomic E-state index is 6.27. The Balaban J connectivity index is 1.58. The molecule has 2 bridgehead atoms. The van der Waals surface area contributed by atoms with Crippen LogP contribution in [-0.2, 0) is 0 Å². The van der Waals surface area contributed by atoms with Crippen LogP contribution in [0, 0.1) is 17.8 Å². The van der Waals surface area contributed by atoms with E-state index < -0.39 is 0 Å². The van der Waals surface area contributed by atoms with Crippen LogP contribution in [-0.4, -0.2) is 6.04 Å². The van der Waals surface area contributed by atoms with E-state index in [1.807, 2.05) is 0 Å². The SMILES string of the molecule is CCCCCCC(N)CC1CC2CCC1C2. The molecule has 0 aliphatic heterocycles. The van der Waals surface area contributed by atoms with Crippen LogP contribution in [0.2, 0.25) is 0 Å². The van der Waals surface area contributed by atoms with Gasteiger partial charge in [0.15, 0.2) is 0 Å². The summed E-state index contributed by atoms with van der Waals surface area (Å²) in [7, 11) is 0. The summed E-state index contributed by atoms with van der Waals surface area (Å²) in [5, 5.41) is 0. The molecule has 2 rings (SSSR count). The van der Waals surface area contributed by atoms with E-state index in [0.29, 0.717) is 6.04 Å². The Labute approximate surface area is 101 Å². The third-order valence-corrected chi connectivity index (χ3v) is 4.92. The average Bonchev–Trinajstić information content (AvgIpc) is 2.86. The highest BCUT2D eigenvalue weighted by atomic mass is 14.6. The quantitative estimate of drug-likeness (QED) is 0.646. The van der Waals surface area contributed by atoms with Crippen LogP contribution >= 0.6 is 0 Å². The lowest BCUT2D eigenvalue weighted by Crippen LogP contribution is -2.26. The summed E-state index contributed by atoms with van der Waals surface area (Å²) in [4.78, 5) is 0. The fourth-order valence-electron chi connectivity index (χ4n) is 4.01. The summed E-state index contributed by atoms with van der Waals surface area (Å²) >= 11 is 0. The standard InChI is InChI=1S/C15H29N/c1-2-3-4-5-6-15(16)11-14-10-12-7-8-13(14)9-12/h12-15H,2-11,16H2,1H3. The highest BCUT2D eigenvalue weighted by molar-refractivity contribution is 4.91. The Bertz CT molecular complexity index is 202. The molecule has 0 saturated heterocycles. The van der Waals surface area contributed by atoms with Gasteiger partial charge in [-0.3, -0.25) is 0 Å². The van der Waals surface area contributed by atoms with Crippen molar-refractivity contribution in [3.8, 4) is 0 Å². The first-order valence-corrected chi connectivity index (χ1v) is 7.55. The molecule has 0 amide bonds. The lowest BCUT2D eigenvalue weighted by Gasteiger charge is -2.24. The lowest BCUT2D eigenvalue weighted by molar-refractivity contribution is 0.288. The van der Waals surface area contributed by atoms with Gasteiger partial charge in [-0.05, 0) is 49.9 Å². The Morgan fingerprint density at radius 2 is 2.00 bits per heavy atom. The predicted molar refractivity (Wildman–Crippen MR) is 70.3 cm³/mol. The van der Waals surface area contributed by atoms with E-state index >= 15 is 0 Å². The van der Waals surface area contributed by atoms with Gasteiger partial charge in [-0.2, -0.15) is 0 Å². The number of unbranched alkanes of at least 4 members (excludes halogenated alkanes) is 3. The molecule has 0 radical (unpaired) electrons. The maximum atomic E-state index is 6.27. The van der Waals surface area contributed by atoms with Gasteiger partial charge < -0.3 is 5.73 Å². The fraction of sp³-hybridized carbons (Fsp3) is 1.00. The molecule has 0 heterocycles. The van der Waals surface area contributed by atoms with Gasteiger partial charge in [0.05, 0.1) is 0 Å². The average molecular weight is 223 g/mol. The van der Waals surface area contributed by atoms with Gasteiger partial charge in [-0.15, -0.1) is 0 Å². The van der Waals surface area contributed by atoms with Crippen molar-refractivity contribution in [2.75, 3.05) is 0 Å². The smallest absolute Gasteiger partial charge is 0.00415 e. The number of nitrogens with two attached hydrogens (primary N) is 1. The lowest BCUT2D eigenvalue weighted by atomic mass is 9.83. The minimum atomic E-state index is 0.501. The van der Waals surface area contributed by atoms with Gasteiger partial charge in [-0.1, -0.05) is 39.0 Å². The van der Waals surface area contributed by atoms with E-state index in [1.54, 1.807) is 0 Å². The molecule has 4 unspecified atom stereocenters. The topological polar surface area (TPSA) is 26.0 Å². The van der Waals surface area contributed by atoms with Crippen molar-refractivity contribution in [2.45, 2.75) is 77.2 Å². The number of hydrogen-bond donors (Lipinski definition) is 1. The van der Waals surface area contributed by atoms with Crippen molar-refractivity contribution in [1.82, 2.24) is 0 Å². The molecule has 1 heteroatoms. The third-order valence-electron chi connectivity index (χ3n) is 4.92. The van der Waals surface area contributed by atoms with Crippen LogP contribution in [0.5, 0.6) is 0 Å². The molecule has 0 aromatic rings. The van der Waals surface area contributed by atoms with Crippen LogP contribution in [0.25, 0.3) is 0 Å². The maximum Gasteiger partial charge on any atom is 0.00415 e. The molecular weight excluding hydrogens is 194 g/mol. The summed E-state index contributed by atoms with van der Waals surface area (Å²) in [5.41, 5.74) is 6.27. The van der Waals surface area contributed by atoms with Gasteiger partial charge in [0.1, 0.15) is 0 Å². The first-order chi connectivity index (χ1) is 7.79. The molecule has 1 nitrogen and oxygen atoms in total. The Morgan fingerprint density at radius 3 is 2.62 bits per heavy atom. The van der Waals surface area contributed by atoms with E-state index in [-0.39, 0.29) is 0 Å².